The van der Waals surface area contributed by atoms with E-state index < -0.39 is 17.6 Å². The van der Waals surface area contributed by atoms with Crippen molar-refractivity contribution in [3.63, 3.8) is 0 Å². The molecule has 5 rings (SSSR count). The SMILES string of the molecule is CC(=O)Nc1cc(NC(=O)c2cc(-c3ccccc3)nc3c2cnn3Cc2ccccc2)ccc1F. The van der Waals surface area contributed by atoms with Crippen LogP contribution in [0.1, 0.15) is 22.8 Å². The van der Waals surface area contributed by atoms with Crippen molar-refractivity contribution in [3.05, 3.63) is 108 Å². The third-order valence-corrected chi connectivity index (χ3v) is 5.63. The first-order valence-electron chi connectivity index (χ1n) is 11.3. The largest absolute Gasteiger partial charge is 0.324 e. The van der Waals surface area contributed by atoms with Crippen LogP contribution in [-0.2, 0) is 11.3 Å². The second-order valence-corrected chi connectivity index (χ2v) is 8.28. The molecule has 5 aromatic rings. The van der Waals surface area contributed by atoms with Crippen LogP contribution in [0.25, 0.3) is 22.3 Å². The number of fused-ring (bicyclic) bond motifs is 1. The normalized spacial score (nSPS) is 10.8. The molecule has 36 heavy (non-hydrogen) atoms. The summed E-state index contributed by atoms with van der Waals surface area (Å²) in [5, 5.41) is 10.3. The van der Waals surface area contributed by atoms with Gasteiger partial charge in [-0.05, 0) is 29.8 Å². The molecule has 0 aliphatic rings. The Balaban J connectivity index is 1.56. The summed E-state index contributed by atoms with van der Waals surface area (Å²) < 4.78 is 15.8. The molecule has 0 radical (unpaired) electrons. The fourth-order valence-corrected chi connectivity index (χ4v) is 3.95. The molecule has 0 saturated heterocycles. The highest BCUT2D eigenvalue weighted by atomic mass is 19.1. The number of nitrogens with one attached hydrogen (secondary N) is 2. The minimum atomic E-state index is -0.594. The van der Waals surface area contributed by atoms with Crippen LogP contribution < -0.4 is 10.6 Å². The number of halogens is 1. The van der Waals surface area contributed by atoms with Crippen LogP contribution >= 0.6 is 0 Å². The summed E-state index contributed by atoms with van der Waals surface area (Å²) in [6.45, 7) is 1.78. The summed E-state index contributed by atoms with van der Waals surface area (Å²) in [6, 6.07) is 25.2. The monoisotopic (exact) mass is 479 g/mol. The molecule has 0 spiro atoms. The van der Waals surface area contributed by atoms with Crippen LogP contribution in [0.3, 0.4) is 0 Å². The Morgan fingerprint density at radius 3 is 2.36 bits per heavy atom. The molecule has 0 atom stereocenters. The number of rotatable bonds is 6. The lowest BCUT2D eigenvalue weighted by Gasteiger charge is -2.11. The van der Waals surface area contributed by atoms with E-state index in [2.05, 4.69) is 15.7 Å². The molecule has 178 valence electrons. The van der Waals surface area contributed by atoms with E-state index in [0.29, 0.717) is 34.5 Å². The molecule has 3 aromatic carbocycles. The van der Waals surface area contributed by atoms with Crippen molar-refractivity contribution in [3.8, 4) is 11.3 Å². The van der Waals surface area contributed by atoms with Gasteiger partial charge < -0.3 is 10.6 Å². The van der Waals surface area contributed by atoms with Gasteiger partial charge in [-0.2, -0.15) is 5.10 Å². The lowest BCUT2D eigenvalue weighted by atomic mass is 10.1. The first kappa shape index (κ1) is 22.9. The van der Waals surface area contributed by atoms with Gasteiger partial charge in [0.05, 0.1) is 35.1 Å². The van der Waals surface area contributed by atoms with E-state index in [-0.39, 0.29) is 5.69 Å². The van der Waals surface area contributed by atoms with Gasteiger partial charge in [0.2, 0.25) is 5.91 Å². The second-order valence-electron chi connectivity index (χ2n) is 8.28. The summed E-state index contributed by atoms with van der Waals surface area (Å²) >= 11 is 0. The number of amides is 2. The van der Waals surface area contributed by atoms with E-state index in [4.69, 9.17) is 4.98 Å². The molecule has 0 bridgehead atoms. The molecule has 8 heteroatoms. The average Bonchev–Trinajstić information content (AvgIpc) is 3.29. The Morgan fingerprint density at radius 2 is 1.64 bits per heavy atom. The van der Waals surface area contributed by atoms with Crippen molar-refractivity contribution in [2.75, 3.05) is 10.6 Å². The quantitative estimate of drug-likeness (QED) is 0.337. The topological polar surface area (TPSA) is 88.9 Å². The maximum absolute atomic E-state index is 14.1. The van der Waals surface area contributed by atoms with E-state index in [9.17, 15) is 14.0 Å². The van der Waals surface area contributed by atoms with Gasteiger partial charge in [0.1, 0.15) is 5.82 Å². The molecule has 0 fully saturated rings. The molecule has 2 N–H and O–H groups in total. The van der Waals surface area contributed by atoms with Crippen LogP contribution in [0.5, 0.6) is 0 Å². The molecule has 7 nitrogen and oxygen atoms in total. The molecular weight excluding hydrogens is 457 g/mol. The second kappa shape index (κ2) is 9.79. The Labute approximate surface area is 206 Å². The molecule has 0 aliphatic heterocycles. The highest BCUT2D eigenvalue weighted by molar-refractivity contribution is 6.12. The van der Waals surface area contributed by atoms with Crippen molar-refractivity contribution in [2.24, 2.45) is 0 Å². The van der Waals surface area contributed by atoms with Crippen LogP contribution in [0, 0.1) is 5.82 Å². The number of aromatic nitrogens is 3. The van der Waals surface area contributed by atoms with Crippen LogP contribution in [0.2, 0.25) is 0 Å². The molecule has 2 aromatic heterocycles. The predicted molar refractivity (Wildman–Crippen MR) is 137 cm³/mol. The molecule has 2 heterocycles. The van der Waals surface area contributed by atoms with Gasteiger partial charge in [-0.25, -0.2) is 14.1 Å². The first-order chi connectivity index (χ1) is 17.5. The van der Waals surface area contributed by atoms with Gasteiger partial charge in [-0.1, -0.05) is 60.7 Å². The lowest BCUT2D eigenvalue weighted by Crippen LogP contribution is -2.14. The number of pyridine rings is 1. The van der Waals surface area contributed by atoms with Gasteiger partial charge in [-0.15, -0.1) is 0 Å². The number of benzene rings is 3. The molecule has 0 saturated carbocycles. The zero-order valence-corrected chi connectivity index (χ0v) is 19.4. The van der Waals surface area contributed by atoms with Crippen LogP contribution in [0.4, 0.5) is 15.8 Å². The van der Waals surface area contributed by atoms with E-state index >= 15 is 0 Å². The number of carbonyl (C=O) groups is 2. The molecular formula is C28H22FN5O2. The minimum Gasteiger partial charge on any atom is -0.324 e. The van der Waals surface area contributed by atoms with Crippen LogP contribution in [-0.4, -0.2) is 26.6 Å². The van der Waals surface area contributed by atoms with Gasteiger partial charge in [0, 0.05) is 18.2 Å². The van der Waals surface area contributed by atoms with Gasteiger partial charge >= 0.3 is 0 Å². The Kier molecular flexibility index (Phi) is 6.23. The summed E-state index contributed by atoms with van der Waals surface area (Å²) in [4.78, 5) is 29.7. The Morgan fingerprint density at radius 1 is 0.917 bits per heavy atom. The predicted octanol–water partition coefficient (Wildman–Crippen LogP) is 5.50. The number of nitrogens with zero attached hydrogens (tertiary/aromatic N) is 3. The van der Waals surface area contributed by atoms with Gasteiger partial charge in [0.25, 0.3) is 5.91 Å². The van der Waals surface area contributed by atoms with E-state index in [1.165, 1.54) is 25.1 Å². The first-order valence-corrected chi connectivity index (χ1v) is 11.3. The fraction of sp³-hybridized carbons (Fsp3) is 0.0714. The van der Waals surface area contributed by atoms with Gasteiger partial charge in [0.15, 0.2) is 5.65 Å². The summed E-state index contributed by atoms with van der Waals surface area (Å²) in [7, 11) is 0. The van der Waals surface area contributed by atoms with Crippen LogP contribution in [0.15, 0.2) is 91.1 Å². The third-order valence-electron chi connectivity index (χ3n) is 5.63. The standard InChI is InChI=1S/C28H22FN5O2/c1-18(35)31-26-14-21(12-13-24(26)29)32-28(36)22-15-25(20-10-6-3-7-11-20)33-27-23(22)16-30-34(27)17-19-8-4-2-5-9-19/h2-16H,17H2,1H3,(H,31,35)(H,32,36). The summed E-state index contributed by atoms with van der Waals surface area (Å²) in [6.07, 6.45) is 1.63. The Bertz CT molecular complexity index is 1570. The van der Waals surface area contributed by atoms with E-state index in [0.717, 1.165) is 11.1 Å². The number of hydrogen-bond donors (Lipinski definition) is 2. The number of carbonyl (C=O) groups excluding carboxylic acids is 2. The molecule has 2 amide bonds. The molecule has 0 aliphatic carbocycles. The fourth-order valence-electron chi connectivity index (χ4n) is 3.95. The van der Waals surface area contributed by atoms with Crippen molar-refractivity contribution >= 4 is 34.2 Å². The zero-order chi connectivity index (χ0) is 25.1. The minimum absolute atomic E-state index is 0.0131. The maximum Gasteiger partial charge on any atom is 0.256 e. The highest BCUT2D eigenvalue weighted by Crippen LogP contribution is 2.27. The van der Waals surface area contributed by atoms with E-state index in [1.54, 1.807) is 16.9 Å². The van der Waals surface area contributed by atoms with Crippen molar-refractivity contribution < 1.29 is 14.0 Å². The zero-order valence-electron chi connectivity index (χ0n) is 19.4. The summed E-state index contributed by atoms with van der Waals surface area (Å²) in [5.74, 6) is -1.41. The summed E-state index contributed by atoms with van der Waals surface area (Å²) in [5.41, 5.74) is 3.81. The lowest BCUT2D eigenvalue weighted by molar-refractivity contribution is -0.114. The maximum atomic E-state index is 14.1. The highest BCUT2D eigenvalue weighted by Gasteiger charge is 2.18. The number of hydrogen-bond acceptors (Lipinski definition) is 4. The average molecular weight is 480 g/mol. The van der Waals surface area contributed by atoms with Crippen molar-refractivity contribution in [1.82, 2.24) is 14.8 Å². The van der Waals surface area contributed by atoms with E-state index in [1.807, 2.05) is 60.7 Å². The van der Waals surface area contributed by atoms with Crippen molar-refractivity contribution in [1.29, 1.82) is 0 Å². The Hall–Kier alpha value is -4.85. The third kappa shape index (κ3) is 4.83. The van der Waals surface area contributed by atoms with Crippen molar-refractivity contribution in [2.45, 2.75) is 13.5 Å². The number of anilines is 2. The van der Waals surface area contributed by atoms with Gasteiger partial charge in [-0.3, -0.25) is 9.59 Å². The molecule has 0 unspecified atom stereocenters. The smallest absolute Gasteiger partial charge is 0.256 e.